The van der Waals surface area contributed by atoms with Gasteiger partial charge in [-0.2, -0.15) is 9.57 Å². The second-order valence-corrected chi connectivity index (χ2v) is 8.37. The van der Waals surface area contributed by atoms with Gasteiger partial charge in [-0.3, -0.25) is 4.98 Å². The van der Waals surface area contributed by atoms with Crippen LogP contribution in [0.25, 0.3) is 0 Å². The standard InChI is InChI=1S/C20H16ClN3O3S/c1-24(14-15-4-3-11-23-13-15)28(25,26)17-9-7-16(8-10-17)27-20-6-2-5-19(21)18(20)12-22/h2-11,13H,14H2,1H3. The van der Waals surface area contributed by atoms with Gasteiger partial charge in [0.25, 0.3) is 0 Å². The van der Waals surface area contributed by atoms with Crippen LogP contribution in [0.2, 0.25) is 5.02 Å². The van der Waals surface area contributed by atoms with E-state index in [2.05, 4.69) is 4.98 Å². The van der Waals surface area contributed by atoms with Gasteiger partial charge < -0.3 is 4.74 Å². The van der Waals surface area contributed by atoms with Crippen molar-refractivity contribution in [2.24, 2.45) is 0 Å². The van der Waals surface area contributed by atoms with Gasteiger partial charge in [0.05, 0.1) is 9.92 Å². The van der Waals surface area contributed by atoms with Gasteiger partial charge in [-0.05, 0) is 48.0 Å². The molecule has 0 radical (unpaired) electrons. The topological polar surface area (TPSA) is 83.3 Å². The van der Waals surface area contributed by atoms with Gasteiger partial charge in [0, 0.05) is 26.0 Å². The summed E-state index contributed by atoms with van der Waals surface area (Å²) in [6, 6.07) is 16.4. The Balaban J connectivity index is 1.78. The monoisotopic (exact) mass is 413 g/mol. The second kappa shape index (κ2) is 8.40. The van der Waals surface area contributed by atoms with E-state index >= 15 is 0 Å². The Labute approximate surface area is 168 Å². The molecule has 6 nitrogen and oxygen atoms in total. The molecule has 0 N–H and O–H groups in total. The third-order valence-corrected chi connectivity index (χ3v) is 6.11. The molecule has 0 saturated carbocycles. The molecule has 0 aliphatic carbocycles. The number of aromatic nitrogens is 1. The van der Waals surface area contributed by atoms with E-state index in [0.717, 1.165) is 5.56 Å². The highest BCUT2D eigenvalue weighted by molar-refractivity contribution is 7.89. The maximum Gasteiger partial charge on any atom is 0.243 e. The van der Waals surface area contributed by atoms with Crippen LogP contribution in [-0.4, -0.2) is 24.8 Å². The Kier molecular flexibility index (Phi) is 5.95. The number of halogens is 1. The summed E-state index contributed by atoms with van der Waals surface area (Å²) in [4.78, 5) is 4.13. The van der Waals surface area contributed by atoms with E-state index in [9.17, 15) is 13.7 Å². The third kappa shape index (κ3) is 4.31. The number of benzene rings is 2. The van der Waals surface area contributed by atoms with Crippen LogP contribution in [0.1, 0.15) is 11.1 Å². The maximum absolute atomic E-state index is 12.8. The van der Waals surface area contributed by atoms with E-state index in [1.807, 2.05) is 12.1 Å². The number of hydrogen-bond donors (Lipinski definition) is 0. The summed E-state index contributed by atoms with van der Waals surface area (Å²) in [5, 5.41) is 9.49. The first-order valence-electron chi connectivity index (χ1n) is 8.23. The summed E-state index contributed by atoms with van der Waals surface area (Å²) in [5.41, 5.74) is 1.01. The van der Waals surface area contributed by atoms with E-state index in [-0.39, 0.29) is 22.0 Å². The predicted molar refractivity (Wildman–Crippen MR) is 106 cm³/mol. The number of nitrogens with zero attached hydrogens (tertiary/aromatic N) is 3. The van der Waals surface area contributed by atoms with Crippen LogP contribution in [0.15, 0.2) is 71.9 Å². The largest absolute Gasteiger partial charge is 0.456 e. The molecule has 0 spiro atoms. The zero-order valence-corrected chi connectivity index (χ0v) is 16.5. The quantitative estimate of drug-likeness (QED) is 0.604. The fourth-order valence-corrected chi connectivity index (χ4v) is 3.89. The number of nitriles is 1. The normalized spacial score (nSPS) is 11.2. The molecule has 0 saturated heterocycles. The summed E-state index contributed by atoms with van der Waals surface area (Å²) < 4.78 is 32.4. The molecule has 8 heteroatoms. The Morgan fingerprint density at radius 3 is 2.54 bits per heavy atom. The number of ether oxygens (including phenoxy) is 1. The Hall–Kier alpha value is -2.92. The van der Waals surface area contributed by atoms with E-state index in [0.29, 0.717) is 11.5 Å². The summed E-state index contributed by atoms with van der Waals surface area (Å²) in [6.45, 7) is 0.211. The minimum Gasteiger partial charge on any atom is -0.456 e. The van der Waals surface area contributed by atoms with Crippen molar-refractivity contribution in [1.82, 2.24) is 9.29 Å². The van der Waals surface area contributed by atoms with Crippen molar-refractivity contribution in [1.29, 1.82) is 5.26 Å². The van der Waals surface area contributed by atoms with Crippen molar-refractivity contribution in [3.63, 3.8) is 0 Å². The van der Waals surface area contributed by atoms with Crippen molar-refractivity contribution in [2.45, 2.75) is 11.4 Å². The van der Waals surface area contributed by atoms with Gasteiger partial charge in [0.15, 0.2) is 0 Å². The van der Waals surface area contributed by atoms with Crippen LogP contribution in [-0.2, 0) is 16.6 Å². The molecule has 0 atom stereocenters. The highest BCUT2D eigenvalue weighted by atomic mass is 35.5. The molecule has 0 aliphatic rings. The molecule has 3 aromatic rings. The Morgan fingerprint density at radius 2 is 1.89 bits per heavy atom. The number of pyridine rings is 1. The van der Waals surface area contributed by atoms with Crippen LogP contribution >= 0.6 is 11.6 Å². The maximum atomic E-state index is 12.8. The molecule has 1 heterocycles. The lowest BCUT2D eigenvalue weighted by molar-refractivity contribution is 0.465. The van der Waals surface area contributed by atoms with E-state index in [4.69, 9.17) is 16.3 Å². The lowest BCUT2D eigenvalue weighted by Crippen LogP contribution is -2.26. The SMILES string of the molecule is CN(Cc1cccnc1)S(=O)(=O)c1ccc(Oc2cccc(Cl)c2C#N)cc1. The van der Waals surface area contributed by atoms with E-state index in [1.165, 1.54) is 35.6 Å². The Morgan fingerprint density at radius 1 is 1.14 bits per heavy atom. The first kappa shape index (κ1) is 19.8. The molecule has 28 heavy (non-hydrogen) atoms. The third-order valence-electron chi connectivity index (χ3n) is 3.97. The highest BCUT2D eigenvalue weighted by Crippen LogP contribution is 2.30. The lowest BCUT2D eigenvalue weighted by Gasteiger charge is -2.17. The molecular weight excluding hydrogens is 398 g/mol. The first-order chi connectivity index (χ1) is 13.4. The number of hydrogen-bond acceptors (Lipinski definition) is 5. The van der Waals surface area contributed by atoms with Crippen molar-refractivity contribution < 1.29 is 13.2 Å². The molecule has 0 bridgehead atoms. The minimum atomic E-state index is -3.67. The molecule has 142 valence electrons. The van der Waals surface area contributed by atoms with Gasteiger partial charge in [0.2, 0.25) is 10.0 Å². The number of rotatable bonds is 6. The smallest absolute Gasteiger partial charge is 0.243 e. The molecule has 3 rings (SSSR count). The Bertz CT molecular complexity index is 1110. The zero-order valence-electron chi connectivity index (χ0n) is 14.9. The average molecular weight is 414 g/mol. The molecular formula is C20H16ClN3O3S. The van der Waals surface area contributed by atoms with E-state index < -0.39 is 10.0 Å². The average Bonchev–Trinajstić information content (AvgIpc) is 2.69. The molecule has 0 fully saturated rings. The van der Waals surface area contributed by atoms with Crippen molar-refractivity contribution >= 4 is 21.6 Å². The van der Waals surface area contributed by atoms with E-state index in [1.54, 1.807) is 36.7 Å². The van der Waals surface area contributed by atoms with Crippen LogP contribution in [0.5, 0.6) is 11.5 Å². The molecule has 0 unspecified atom stereocenters. The minimum absolute atomic E-state index is 0.137. The van der Waals surface area contributed by atoms with Gasteiger partial charge in [-0.1, -0.05) is 23.7 Å². The fraction of sp³-hybridized carbons (Fsp3) is 0.100. The summed E-state index contributed by atoms with van der Waals surface area (Å²) in [6.07, 6.45) is 3.26. The van der Waals surface area contributed by atoms with Crippen LogP contribution in [0.4, 0.5) is 0 Å². The fourth-order valence-electron chi connectivity index (χ4n) is 2.52. The van der Waals surface area contributed by atoms with Crippen molar-refractivity contribution in [3.05, 3.63) is 83.1 Å². The highest BCUT2D eigenvalue weighted by Gasteiger charge is 2.21. The first-order valence-corrected chi connectivity index (χ1v) is 10.1. The zero-order chi connectivity index (χ0) is 20.1. The molecule has 2 aromatic carbocycles. The second-order valence-electron chi connectivity index (χ2n) is 5.92. The summed E-state index contributed by atoms with van der Waals surface area (Å²) in [5.74, 6) is 0.701. The van der Waals surface area contributed by atoms with Gasteiger partial charge in [-0.15, -0.1) is 0 Å². The van der Waals surface area contributed by atoms with Crippen LogP contribution < -0.4 is 4.74 Å². The molecule has 1 aromatic heterocycles. The van der Waals surface area contributed by atoms with Crippen LogP contribution in [0.3, 0.4) is 0 Å². The molecule has 0 amide bonds. The van der Waals surface area contributed by atoms with Crippen LogP contribution in [0, 0.1) is 11.3 Å². The predicted octanol–water partition coefficient (Wildman–Crippen LogP) is 4.22. The molecule has 0 aliphatic heterocycles. The lowest BCUT2D eigenvalue weighted by atomic mass is 10.2. The van der Waals surface area contributed by atoms with Gasteiger partial charge >= 0.3 is 0 Å². The number of sulfonamides is 1. The van der Waals surface area contributed by atoms with Crippen molar-refractivity contribution in [3.8, 4) is 17.6 Å². The van der Waals surface area contributed by atoms with Crippen molar-refractivity contribution in [2.75, 3.05) is 7.05 Å². The summed E-state index contributed by atoms with van der Waals surface area (Å²) in [7, 11) is -2.16. The van der Waals surface area contributed by atoms with Gasteiger partial charge in [-0.25, -0.2) is 8.42 Å². The summed E-state index contributed by atoms with van der Waals surface area (Å²) >= 11 is 5.99. The van der Waals surface area contributed by atoms with Gasteiger partial charge in [0.1, 0.15) is 23.1 Å².